The van der Waals surface area contributed by atoms with E-state index in [2.05, 4.69) is 20.4 Å². The van der Waals surface area contributed by atoms with Gasteiger partial charge in [0, 0.05) is 32.5 Å². The SMILES string of the molecule is Cc1noc2nc(CCC(=O)NCc3ccc(F)cc3)nc(N3CCCCC3)c12. The normalized spacial score (nSPS) is 14.3. The average Bonchev–Trinajstić information content (AvgIpc) is 3.12. The van der Waals surface area contributed by atoms with Crippen molar-refractivity contribution >= 4 is 22.8 Å². The van der Waals surface area contributed by atoms with Gasteiger partial charge in [-0.15, -0.1) is 0 Å². The fourth-order valence-electron chi connectivity index (χ4n) is 3.57. The number of amides is 1. The van der Waals surface area contributed by atoms with Crippen LogP contribution in [-0.4, -0.2) is 34.1 Å². The quantitative estimate of drug-likeness (QED) is 0.687. The number of aryl methyl sites for hydroxylation is 2. The molecule has 8 heteroatoms. The van der Waals surface area contributed by atoms with Crippen molar-refractivity contribution in [1.29, 1.82) is 0 Å². The molecule has 0 atom stereocenters. The molecule has 0 radical (unpaired) electrons. The van der Waals surface area contributed by atoms with E-state index in [1.807, 2.05) is 6.92 Å². The molecule has 0 saturated carbocycles. The van der Waals surface area contributed by atoms with E-state index in [1.54, 1.807) is 12.1 Å². The maximum absolute atomic E-state index is 13.0. The molecule has 1 aliphatic heterocycles. The van der Waals surface area contributed by atoms with E-state index >= 15 is 0 Å². The molecular weight excluding hydrogens is 373 g/mol. The molecule has 1 N–H and O–H groups in total. The van der Waals surface area contributed by atoms with Gasteiger partial charge in [-0.1, -0.05) is 17.3 Å². The molecule has 3 heterocycles. The first-order chi connectivity index (χ1) is 14.1. The molecule has 4 rings (SSSR count). The molecule has 0 spiro atoms. The van der Waals surface area contributed by atoms with Gasteiger partial charge in [-0.3, -0.25) is 4.79 Å². The Kier molecular flexibility index (Phi) is 5.69. The second kappa shape index (κ2) is 8.55. The summed E-state index contributed by atoms with van der Waals surface area (Å²) in [5.41, 5.74) is 2.10. The lowest BCUT2D eigenvalue weighted by Gasteiger charge is -2.28. The summed E-state index contributed by atoms with van der Waals surface area (Å²) in [7, 11) is 0. The standard InChI is InChI=1S/C21H24FN5O2/c1-14-19-20(27-11-3-2-4-12-27)24-17(25-21(19)29-26-14)9-10-18(28)23-13-15-5-7-16(22)8-6-15/h5-8H,2-4,9-13H2,1H3,(H,23,28). The fraction of sp³-hybridized carbons (Fsp3) is 0.429. The molecule has 7 nitrogen and oxygen atoms in total. The smallest absolute Gasteiger partial charge is 0.263 e. The molecule has 29 heavy (non-hydrogen) atoms. The summed E-state index contributed by atoms with van der Waals surface area (Å²) in [6.45, 7) is 4.16. The van der Waals surface area contributed by atoms with E-state index in [0.29, 0.717) is 24.5 Å². The summed E-state index contributed by atoms with van der Waals surface area (Å²) in [5.74, 6) is 1.03. The minimum Gasteiger partial charge on any atom is -0.356 e. The van der Waals surface area contributed by atoms with Gasteiger partial charge in [-0.2, -0.15) is 4.98 Å². The highest BCUT2D eigenvalue weighted by Gasteiger charge is 2.21. The lowest BCUT2D eigenvalue weighted by atomic mass is 10.1. The van der Waals surface area contributed by atoms with Crippen LogP contribution in [0.3, 0.4) is 0 Å². The Morgan fingerprint density at radius 2 is 1.93 bits per heavy atom. The summed E-state index contributed by atoms with van der Waals surface area (Å²) >= 11 is 0. The molecule has 0 aliphatic carbocycles. The zero-order valence-corrected chi connectivity index (χ0v) is 16.4. The number of hydrogen-bond donors (Lipinski definition) is 1. The Morgan fingerprint density at radius 3 is 2.69 bits per heavy atom. The lowest BCUT2D eigenvalue weighted by Crippen LogP contribution is -2.30. The zero-order valence-electron chi connectivity index (χ0n) is 16.4. The van der Waals surface area contributed by atoms with Crippen molar-refractivity contribution in [1.82, 2.24) is 20.4 Å². The van der Waals surface area contributed by atoms with Gasteiger partial charge in [-0.05, 0) is 43.9 Å². The van der Waals surface area contributed by atoms with Crippen LogP contribution in [-0.2, 0) is 17.8 Å². The number of nitrogens with zero attached hydrogens (tertiary/aromatic N) is 4. The van der Waals surface area contributed by atoms with Crippen LogP contribution in [0.4, 0.5) is 10.2 Å². The number of fused-ring (bicyclic) bond motifs is 1. The fourth-order valence-corrected chi connectivity index (χ4v) is 3.57. The van der Waals surface area contributed by atoms with Crippen LogP contribution in [0.15, 0.2) is 28.8 Å². The summed E-state index contributed by atoms with van der Waals surface area (Å²) in [4.78, 5) is 23.7. The molecule has 1 amide bonds. The predicted octanol–water partition coefficient (Wildman–Crippen LogP) is 3.30. The molecule has 1 fully saturated rings. The van der Waals surface area contributed by atoms with Crippen LogP contribution in [0, 0.1) is 12.7 Å². The topological polar surface area (TPSA) is 84.1 Å². The number of rotatable bonds is 6. The molecule has 1 aliphatic rings. The second-order valence-electron chi connectivity index (χ2n) is 7.36. The number of anilines is 1. The van der Waals surface area contributed by atoms with Crippen molar-refractivity contribution in [2.45, 2.75) is 45.6 Å². The predicted molar refractivity (Wildman–Crippen MR) is 107 cm³/mol. The minimum atomic E-state index is -0.292. The number of piperidine rings is 1. The summed E-state index contributed by atoms with van der Waals surface area (Å²) < 4.78 is 18.3. The van der Waals surface area contributed by atoms with Gasteiger partial charge in [-0.25, -0.2) is 9.37 Å². The maximum atomic E-state index is 13.0. The molecule has 1 saturated heterocycles. The van der Waals surface area contributed by atoms with E-state index in [4.69, 9.17) is 9.51 Å². The third kappa shape index (κ3) is 4.52. The van der Waals surface area contributed by atoms with Crippen molar-refractivity contribution in [2.24, 2.45) is 0 Å². The molecule has 3 aromatic rings. The van der Waals surface area contributed by atoms with Crippen LogP contribution in [0.1, 0.15) is 42.8 Å². The Morgan fingerprint density at radius 1 is 1.17 bits per heavy atom. The highest BCUT2D eigenvalue weighted by molar-refractivity contribution is 5.88. The van der Waals surface area contributed by atoms with Crippen molar-refractivity contribution in [3.05, 3.63) is 47.2 Å². The number of halogens is 1. The highest BCUT2D eigenvalue weighted by atomic mass is 19.1. The van der Waals surface area contributed by atoms with E-state index < -0.39 is 0 Å². The van der Waals surface area contributed by atoms with Crippen LogP contribution in [0.25, 0.3) is 11.1 Å². The number of nitrogens with one attached hydrogen (secondary N) is 1. The molecule has 152 valence electrons. The summed E-state index contributed by atoms with van der Waals surface area (Å²) in [6.07, 6.45) is 4.17. The minimum absolute atomic E-state index is 0.105. The van der Waals surface area contributed by atoms with Gasteiger partial charge in [0.15, 0.2) is 0 Å². The Balaban J connectivity index is 1.43. The van der Waals surface area contributed by atoms with E-state index in [9.17, 15) is 9.18 Å². The highest BCUT2D eigenvalue weighted by Crippen LogP contribution is 2.29. The van der Waals surface area contributed by atoms with Crippen LogP contribution >= 0.6 is 0 Å². The van der Waals surface area contributed by atoms with Crippen molar-refractivity contribution in [3.63, 3.8) is 0 Å². The van der Waals surface area contributed by atoms with Crippen molar-refractivity contribution in [2.75, 3.05) is 18.0 Å². The molecular formula is C21H24FN5O2. The Hall–Kier alpha value is -3.03. The third-order valence-corrected chi connectivity index (χ3v) is 5.17. The van der Waals surface area contributed by atoms with Gasteiger partial charge in [0.1, 0.15) is 22.8 Å². The Labute approximate surface area is 168 Å². The first-order valence-electron chi connectivity index (χ1n) is 9.99. The van der Waals surface area contributed by atoms with Crippen LogP contribution < -0.4 is 10.2 Å². The van der Waals surface area contributed by atoms with E-state index in [-0.39, 0.29) is 18.1 Å². The van der Waals surface area contributed by atoms with Crippen molar-refractivity contribution in [3.8, 4) is 0 Å². The third-order valence-electron chi connectivity index (χ3n) is 5.17. The molecule has 2 aromatic heterocycles. The number of carbonyl (C=O) groups excluding carboxylic acids is 1. The molecule has 0 unspecified atom stereocenters. The first kappa shape index (κ1) is 19.3. The summed E-state index contributed by atoms with van der Waals surface area (Å²) in [6, 6.07) is 6.08. The average molecular weight is 397 g/mol. The lowest BCUT2D eigenvalue weighted by molar-refractivity contribution is -0.121. The Bertz CT molecular complexity index is 996. The van der Waals surface area contributed by atoms with Gasteiger partial charge in [0.05, 0.1) is 5.69 Å². The van der Waals surface area contributed by atoms with Gasteiger partial charge >= 0.3 is 0 Å². The molecule has 0 bridgehead atoms. The van der Waals surface area contributed by atoms with E-state index in [1.165, 1.54) is 18.6 Å². The van der Waals surface area contributed by atoms with Crippen LogP contribution in [0.2, 0.25) is 0 Å². The van der Waals surface area contributed by atoms with Gasteiger partial charge in [0.25, 0.3) is 5.71 Å². The summed E-state index contributed by atoms with van der Waals surface area (Å²) in [5, 5.41) is 7.75. The number of carbonyl (C=O) groups is 1. The second-order valence-corrected chi connectivity index (χ2v) is 7.36. The maximum Gasteiger partial charge on any atom is 0.263 e. The van der Waals surface area contributed by atoms with E-state index in [0.717, 1.165) is 48.4 Å². The number of aromatic nitrogens is 3. The van der Waals surface area contributed by atoms with Gasteiger partial charge in [0.2, 0.25) is 5.91 Å². The number of hydrogen-bond acceptors (Lipinski definition) is 6. The number of benzene rings is 1. The zero-order chi connectivity index (χ0) is 20.2. The van der Waals surface area contributed by atoms with Crippen LogP contribution in [0.5, 0.6) is 0 Å². The first-order valence-corrected chi connectivity index (χ1v) is 9.99. The van der Waals surface area contributed by atoms with Gasteiger partial charge < -0.3 is 14.7 Å². The monoisotopic (exact) mass is 397 g/mol. The van der Waals surface area contributed by atoms with Crippen molar-refractivity contribution < 1.29 is 13.7 Å². The largest absolute Gasteiger partial charge is 0.356 e. The molecule has 1 aromatic carbocycles.